The first-order valence-corrected chi connectivity index (χ1v) is 7.16. The molecule has 1 amide bonds. The molecule has 1 aromatic rings. The van der Waals surface area contributed by atoms with Crippen LogP contribution in [0.3, 0.4) is 0 Å². The van der Waals surface area contributed by atoms with Crippen molar-refractivity contribution in [2.24, 2.45) is 0 Å². The third-order valence-corrected chi connectivity index (χ3v) is 4.07. The van der Waals surface area contributed by atoms with Gasteiger partial charge in [-0.1, -0.05) is 0 Å². The smallest absolute Gasteiger partial charge is 0.270 e. The van der Waals surface area contributed by atoms with Crippen molar-refractivity contribution in [3.8, 4) is 6.07 Å². The van der Waals surface area contributed by atoms with Gasteiger partial charge >= 0.3 is 0 Å². The van der Waals surface area contributed by atoms with Crippen molar-refractivity contribution in [3.05, 3.63) is 24.0 Å². The maximum absolute atomic E-state index is 12.6. The number of nitriles is 1. The van der Waals surface area contributed by atoms with Crippen molar-refractivity contribution in [1.29, 1.82) is 5.26 Å². The molecule has 20 heavy (non-hydrogen) atoms. The molecule has 0 aromatic carbocycles. The van der Waals surface area contributed by atoms with Gasteiger partial charge in [0, 0.05) is 25.3 Å². The highest BCUT2D eigenvalue weighted by molar-refractivity contribution is 5.92. The van der Waals surface area contributed by atoms with E-state index in [2.05, 4.69) is 16.0 Å². The van der Waals surface area contributed by atoms with Crippen LogP contribution in [0.4, 0.5) is 0 Å². The summed E-state index contributed by atoms with van der Waals surface area (Å²) in [5.74, 6) is -0.00344. The molecule has 2 heterocycles. The van der Waals surface area contributed by atoms with Gasteiger partial charge in [-0.05, 0) is 45.0 Å². The number of nitrogens with zero attached hydrogens (tertiary/aromatic N) is 3. The Morgan fingerprint density at radius 2 is 2.30 bits per heavy atom. The second-order valence-corrected chi connectivity index (χ2v) is 5.41. The van der Waals surface area contributed by atoms with Gasteiger partial charge in [-0.2, -0.15) is 5.26 Å². The van der Waals surface area contributed by atoms with E-state index in [1.54, 1.807) is 11.9 Å². The summed E-state index contributed by atoms with van der Waals surface area (Å²) in [5, 5.41) is 12.1. The lowest BCUT2D eigenvalue weighted by molar-refractivity contribution is 0.0731. The Hall–Kier alpha value is -1.80. The number of nitrogens with one attached hydrogen (secondary N) is 1. The average molecular weight is 274 g/mol. The van der Waals surface area contributed by atoms with Gasteiger partial charge in [0.1, 0.15) is 5.69 Å². The van der Waals surface area contributed by atoms with Gasteiger partial charge in [0.25, 0.3) is 5.91 Å². The third-order valence-electron chi connectivity index (χ3n) is 4.07. The maximum Gasteiger partial charge on any atom is 0.270 e. The molecule has 1 saturated heterocycles. The molecule has 1 aliphatic heterocycles. The molecular weight excluding hydrogens is 252 g/mol. The highest BCUT2D eigenvalue weighted by atomic mass is 16.2. The molecule has 108 valence electrons. The summed E-state index contributed by atoms with van der Waals surface area (Å²) in [6.45, 7) is 3.90. The Morgan fingerprint density at radius 3 is 2.95 bits per heavy atom. The van der Waals surface area contributed by atoms with Gasteiger partial charge in [-0.25, -0.2) is 0 Å². The second-order valence-electron chi connectivity index (χ2n) is 5.41. The first-order chi connectivity index (χ1) is 9.65. The average Bonchev–Trinajstić information content (AvgIpc) is 2.96. The fraction of sp³-hybridized carbons (Fsp3) is 0.600. The lowest BCUT2D eigenvalue weighted by atomic mass is 10.1. The van der Waals surface area contributed by atoms with Crippen molar-refractivity contribution in [3.63, 3.8) is 0 Å². The lowest BCUT2D eigenvalue weighted by Crippen LogP contribution is -2.37. The number of amides is 1. The van der Waals surface area contributed by atoms with Gasteiger partial charge in [0.2, 0.25) is 0 Å². The minimum absolute atomic E-state index is 0.00344. The normalized spacial score (nSPS) is 17.4. The number of rotatable bonds is 4. The summed E-state index contributed by atoms with van der Waals surface area (Å²) in [6.07, 6.45) is 4.45. The summed E-state index contributed by atoms with van der Waals surface area (Å²) < 4.78 is 2.10. The Kier molecular flexibility index (Phi) is 4.80. The Morgan fingerprint density at radius 1 is 1.60 bits per heavy atom. The molecule has 0 aliphatic carbocycles. The molecule has 1 unspecified atom stereocenters. The number of aromatic nitrogens is 1. The van der Waals surface area contributed by atoms with Crippen LogP contribution >= 0.6 is 0 Å². The van der Waals surface area contributed by atoms with E-state index >= 15 is 0 Å². The Bertz CT molecular complexity index is 496. The van der Waals surface area contributed by atoms with Crippen LogP contribution in [0.15, 0.2) is 18.3 Å². The van der Waals surface area contributed by atoms with Gasteiger partial charge in [-0.3, -0.25) is 4.79 Å². The minimum atomic E-state index is -0.0659. The van der Waals surface area contributed by atoms with E-state index in [-0.39, 0.29) is 11.9 Å². The molecule has 1 fully saturated rings. The van der Waals surface area contributed by atoms with Crippen molar-refractivity contribution in [2.45, 2.75) is 38.3 Å². The molecule has 5 heteroatoms. The highest BCUT2D eigenvalue weighted by Gasteiger charge is 2.23. The fourth-order valence-corrected chi connectivity index (χ4v) is 2.63. The van der Waals surface area contributed by atoms with E-state index in [9.17, 15) is 4.79 Å². The Labute approximate surface area is 120 Å². The summed E-state index contributed by atoms with van der Waals surface area (Å²) in [4.78, 5) is 14.2. The zero-order valence-corrected chi connectivity index (χ0v) is 12.2. The SMILES string of the molecule is CC(CC#N)N(C)C(=O)c1cccn1C1CCNCC1. The minimum Gasteiger partial charge on any atom is -0.340 e. The molecule has 0 spiro atoms. The molecule has 1 aliphatic rings. The number of carbonyl (C=O) groups excluding carboxylic acids is 1. The molecule has 1 aromatic heterocycles. The van der Waals surface area contributed by atoms with Gasteiger partial charge in [0.15, 0.2) is 0 Å². The van der Waals surface area contributed by atoms with Crippen LogP contribution in [-0.2, 0) is 0 Å². The van der Waals surface area contributed by atoms with Gasteiger partial charge in [0.05, 0.1) is 12.5 Å². The number of carbonyl (C=O) groups is 1. The maximum atomic E-state index is 12.6. The molecular formula is C15H22N4O. The summed E-state index contributed by atoms with van der Waals surface area (Å²) in [7, 11) is 1.77. The van der Waals surface area contributed by atoms with E-state index in [4.69, 9.17) is 5.26 Å². The second kappa shape index (κ2) is 6.58. The van der Waals surface area contributed by atoms with E-state index in [1.807, 2.05) is 25.3 Å². The topological polar surface area (TPSA) is 61.1 Å². The van der Waals surface area contributed by atoms with Crippen LogP contribution in [0.2, 0.25) is 0 Å². The van der Waals surface area contributed by atoms with Gasteiger partial charge < -0.3 is 14.8 Å². The first kappa shape index (κ1) is 14.6. The van der Waals surface area contributed by atoms with Crippen LogP contribution in [-0.4, -0.2) is 41.6 Å². The van der Waals surface area contributed by atoms with Crippen molar-refractivity contribution >= 4 is 5.91 Å². The van der Waals surface area contributed by atoms with Crippen LogP contribution in [0.25, 0.3) is 0 Å². The predicted octanol–water partition coefficient (Wildman–Crippen LogP) is 1.79. The molecule has 1 atom stereocenters. The molecule has 2 rings (SSSR count). The van der Waals surface area contributed by atoms with E-state index < -0.39 is 0 Å². The quantitative estimate of drug-likeness (QED) is 0.910. The summed E-state index contributed by atoms with van der Waals surface area (Å²) in [6, 6.07) is 6.25. The molecule has 1 N–H and O–H groups in total. The monoisotopic (exact) mass is 274 g/mol. The first-order valence-electron chi connectivity index (χ1n) is 7.16. The lowest BCUT2D eigenvalue weighted by Gasteiger charge is -2.28. The largest absolute Gasteiger partial charge is 0.340 e. The zero-order valence-electron chi connectivity index (χ0n) is 12.2. The zero-order chi connectivity index (χ0) is 14.5. The van der Waals surface area contributed by atoms with E-state index in [0.717, 1.165) is 31.6 Å². The number of hydrogen-bond acceptors (Lipinski definition) is 3. The summed E-state index contributed by atoms with van der Waals surface area (Å²) >= 11 is 0. The molecule has 0 bridgehead atoms. The van der Waals surface area contributed by atoms with Crippen molar-refractivity contribution in [1.82, 2.24) is 14.8 Å². The van der Waals surface area contributed by atoms with Crippen molar-refractivity contribution in [2.75, 3.05) is 20.1 Å². The van der Waals surface area contributed by atoms with Crippen LogP contribution in [0.5, 0.6) is 0 Å². The highest BCUT2D eigenvalue weighted by Crippen LogP contribution is 2.22. The van der Waals surface area contributed by atoms with Gasteiger partial charge in [-0.15, -0.1) is 0 Å². The van der Waals surface area contributed by atoms with Crippen LogP contribution in [0, 0.1) is 11.3 Å². The van der Waals surface area contributed by atoms with E-state index in [0.29, 0.717) is 12.5 Å². The number of hydrogen-bond donors (Lipinski definition) is 1. The molecule has 0 radical (unpaired) electrons. The van der Waals surface area contributed by atoms with Crippen LogP contribution in [0.1, 0.15) is 42.7 Å². The van der Waals surface area contributed by atoms with E-state index in [1.165, 1.54) is 0 Å². The molecule has 0 saturated carbocycles. The Balaban J connectivity index is 2.14. The third kappa shape index (κ3) is 3.02. The fourth-order valence-electron chi connectivity index (χ4n) is 2.63. The predicted molar refractivity (Wildman–Crippen MR) is 77.4 cm³/mol. The summed E-state index contributed by atoms with van der Waals surface area (Å²) in [5.41, 5.74) is 0.726. The van der Waals surface area contributed by atoms with Crippen molar-refractivity contribution < 1.29 is 4.79 Å². The van der Waals surface area contributed by atoms with Crippen LogP contribution < -0.4 is 5.32 Å². The standard InChI is InChI=1S/C15H22N4O/c1-12(5-8-16)18(2)15(20)14-4-3-11-19(14)13-6-9-17-10-7-13/h3-4,11-13,17H,5-7,9-10H2,1-2H3. The number of piperidine rings is 1. The molecule has 5 nitrogen and oxygen atoms in total.